The molecule has 35 heavy (non-hydrogen) atoms. The van der Waals surface area contributed by atoms with Gasteiger partial charge in [-0.25, -0.2) is 4.98 Å². The first-order chi connectivity index (χ1) is 17.1. The molecule has 0 radical (unpaired) electrons. The van der Waals surface area contributed by atoms with Crippen LogP contribution in [0.4, 0.5) is 0 Å². The summed E-state index contributed by atoms with van der Waals surface area (Å²) < 4.78 is 8.43. The first kappa shape index (κ1) is 24.5. The molecule has 2 aromatic heterocycles. The lowest BCUT2D eigenvalue weighted by Crippen LogP contribution is -2.25. The van der Waals surface area contributed by atoms with Gasteiger partial charge in [0.15, 0.2) is 0 Å². The number of unbranched alkanes of at least 4 members (excludes halogenated alkanes) is 1. The number of rotatable bonds is 12. The summed E-state index contributed by atoms with van der Waals surface area (Å²) in [6, 6.07) is 20.0. The number of aromatic nitrogens is 3. The third kappa shape index (κ3) is 6.47. The van der Waals surface area contributed by atoms with Gasteiger partial charge in [0, 0.05) is 37.5 Å². The minimum atomic E-state index is -0.0695. The fourth-order valence-electron chi connectivity index (χ4n) is 4.26. The van der Waals surface area contributed by atoms with Crippen molar-refractivity contribution in [1.82, 2.24) is 19.9 Å². The molecule has 2 aromatic carbocycles. The van der Waals surface area contributed by atoms with E-state index in [0.29, 0.717) is 24.6 Å². The highest BCUT2D eigenvalue weighted by molar-refractivity contribution is 5.93. The number of pyridine rings is 1. The number of imidazole rings is 1. The van der Waals surface area contributed by atoms with E-state index in [0.717, 1.165) is 54.8 Å². The number of nitrogens with one attached hydrogen (secondary N) is 1. The summed E-state index contributed by atoms with van der Waals surface area (Å²) in [6.07, 6.45) is 6.88. The second-order valence-electron chi connectivity index (χ2n) is 9.01. The number of benzene rings is 2. The summed E-state index contributed by atoms with van der Waals surface area (Å²) >= 11 is 0. The average molecular weight is 471 g/mol. The van der Waals surface area contributed by atoms with Gasteiger partial charge in [-0.3, -0.25) is 9.78 Å². The first-order valence-corrected chi connectivity index (χ1v) is 12.5. The molecule has 0 saturated heterocycles. The van der Waals surface area contributed by atoms with E-state index in [-0.39, 0.29) is 5.91 Å². The van der Waals surface area contributed by atoms with Crippen LogP contribution >= 0.6 is 0 Å². The number of carbonyl (C=O) groups excluding carboxylic acids is 1. The number of carbonyl (C=O) groups is 1. The van der Waals surface area contributed by atoms with Crippen LogP contribution in [0.15, 0.2) is 73.1 Å². The Bertz CT molecular complexity index is 1230. The molecule has 1 N–H and O–H groups in total. The maximum atomic E-state index is 12.3. The second-order valence-corrected chi connectivity index (χ2v) is 9.01. The maximum absolute atomic E-state index is 12.3. The normalized spacial score (nSPS) is 11.2. The van der Waals surface area contributed by atoms with Crippen LogP contribution in [0.1, 0.15) is 60.8 Å². The SMILES string of the molecule is CC(C)c1ccccc1OCCCCn1c(CCCNC(=O)c2ccncc2)nc2ccccc21. The summed E-state index contributed by atoms with van der Waals surface area (Å²) in [5.74, 6) is 2.43. The van der Waals surface area contributed by atoms with Crippen molar-refractivity contribution in [1.29, 1.82) is 0 Å². The molecule has 182 valence electrons. The Morgan fingerprint density at radius 1 is 0.971 bits per heavy atom. The highest BCUT2D eigenvalue weighted by Crippen LogP contribution is 2.26. The van der Waals surface area contributed by atoms with Gasteiger partial charge in [0.2, 0.25) is 0 Å². The summed E-state index contributed by atoms with van der Waals surface area (Å²) in [4.78, 5) is 21.1. The Kier molecular flexibility index (Phi) is 8.49. The Morgan fingerprint density at radius 2 is 1.74 bits per heavy atom. The number of aryl methyl sites for hydroxylation is 2. The van der Waals surface area contributed by atoms with E-state index >= 15 is 0 Å². The molecule has 0 aliphatic heterocycles. The fourth-order valence-corrected chi connectivity index (χ4v) is 4.26. The van der Waals surface area contributed by atoms with Crippen LogP contribution in [0.3, 0.4) is 0 Å². The van der Waals surface area contributed by atoms with Gasteiger partial charge in [0.1, 0.15) is 11.6 Å². The predicted octanol–water partition coefficient (Wildman–Crippen LogP) is 5.78. The van der Waals surface area contributed by atoms with E-state index < -0.39 is 0 Å². The highest BCUT2D eigenvalue weighted by Gasteiger charge is 2.11. The van der Waals surface area contributed by atoms with Gasteiger partial charge in [0.25, 0.3) is 5.91 Å². The van der Waals surface area contributed by atoms with E-state index in [4.69, 9.17) is 9.72 Å². The Balaban J connectivity index is 1.30. The van der Waals surface area contributed by atoms with Crippen molar-refractivity contribution >= 4 is 16.9 Å². The number of ether oxygens (including phenoxy) is 1. The molecule has 0 unspecified atom stereocenters. The van der Waals surface area contributed by atoms with Crippen molar-refractivity contribution in [3.8, 4) is 5.75 Å². The number of nitrogens with zero attached hydrogens (tertiary/aromatic N) is 3. The number of para-hydroxylation sites is 3. The first-order valence-electron chi connectivity index (χ1n) is 12.5. The van der Waals surface area contributed by atoms with Crippen molar-refractivity contribution < 1.29 is 9.53 Å². The summed E-state index contributed by atoms with van der Waals surface area (Å²) in [5, 5.41) is 2.99. The fraction of sp³-hybridized carbons (Fsp3) is 0.345. The number of hydrogen-bond donors (Lipinski definition) is 1. The molecular weight excluding hydrogens is 436 g/mol. The van der Waals surface area contributed by atoms with Crippen molar-refractivity contribution in [3.05, 3.63) is 90.0 Å². The lowest BCUT2D eigenvalue weighted by molar-refractivity contribution is 0.0953. The minimum Gasteiger partial charge on any atom is -0.493 e. The zero-order chi connectivity index (χ0) is 24.5. The standard InChI is InChI=1S/C29H34N4O2/c1-22(2)24-10-3-6-13-27(24)35-21-8-7-20-33-26-12-5-4-11-25(26)32-28(33)14-9-17-31-29(34)23-15-18-30-19-16-23/h3-6,10-13,15-16,18-19,22H,7-9,14,17,20-21H2,1-2H3,(H,31,34). The third-order valence-corrected chi connectivity index (χ3v) is 6.11. The molecule has 6 heteroatoms. The third-order valence-electron chi connectivity index (χ3n) is 6.11. The van der Waals surface area contributed by atoms with E-state index in [2.05, 4.69) is 65.1 Å². The van der Waals surface area contributed by atoms with Gasteiger partial charge in [-0.15, -0.1) is 0 Å². The van der Waals surface area contributed by atoms with E-state index in [1.165, 1.54) is 5.56 Å². The molecule has 4 aromatic rings. The molecule has 0 aliphatic rings. The van der Waals surface area contributed by atoms with Crippen LogP contribution in [0.25, 0.3) is 11.0 Å². The van der Waals surface area contributed by atoms with Gasteiger partial charge in [-0.05, 0) is 61.1 Å². The van der Waals surface area contributed by atoms with Gasteiger partial charge in [-0.2, -0.15) is 0 Å². The molecule has 0 spiro atoms. The molecular formula is C29H34N4O2. The summed E-state index contributed by atoms with van der Waals surface area (Å²) in [6.45, 7) is 6.59. The van der Waals surface area contributed by atoms with Crippen LogP contribution in [-0.2, 0) is 13.0 Å². The number of amides is 1. The van der Waals surface area contributed by atoms with Crippen molar-refractivity contribution in [3.63, 3.8) is 0 Å². The molecule has 0 saturated carbocycles. The number of hydrogen-bond acceptors (Lipinski definition) is 4. The zero-order valence-corrected chi connectivity index (χ0v) is 20.6. The molecule has 0 bridgehead atoms. The Labute approximate surface area is 207 Å². The maximum Gasteiger partial charge on any atom is 0.251 e. The Morgan fingerprint density at radius 3 is 2.57 bits per heavy atom. The average Bonchev–Trinajstić information content (AvgIpc) is 3.24. The molecule has 4 rings (SSSR count). The number of fused-ring (bicyclic) bond motifs is 1. The van der Waals surface area contributed by atoms with Crippen molar-refractivity contribution in [2.45, 2.75) is 52.0 Å². The van der Waals surface area contributed by atoms with Gasteiger partial charge in [0.05, 0.1) is 17.6 Å². The van der Waals surface area contributed by atoms with E-state index in [9.17, 15) is 4.79 Å². The van der Waals surface area contributed by atoms with E-state index in [1.54, 1.807) is 24.5 Å². The smallest absolute Gasteiger partial charge is 0.251 e. The van der Waals surface area contributed by atoms with Crippen LogP contribution < -0.4 is 10.1 Å². The second kappa shape index (κ2) is 12.2. The lowest BCUT2D eigenvalue weighted by atomic mass is 10.0. The zero-order valence-electron chi connectivity index (χ0n) is 20.6. The molecule has 2 heterocycles. The summed E-state index contributed by atoms with van der Waals surface area (Å²) in [5.41, 5.74) is 4.07. The van der Waals surface area contributed by atoms with Crippen molar-refractivity contribution in [2.24, 2.45) is 0 Å². The molecule has 6 nitrogen and oxygen atoms in total. The van der Waals surface area contributed by atoms with Gasteiger partial charge >= 0.3 is 0 Å². The van der Waals surface area contributed by atoms with Crippen molar-refractivity contribution in [2.75, 3.05) is 13.2 Å². The Hall–Kier alpha value is -3.67. The van der Waals surface area contributed by atoms with Crippen LogP contribution in [0, 0.1) is 0 Å². The predicted molar refractivity (Wildman–Crippen MR) is 140 cm³/mol. The quantitative estimate of drug-likeness (QED) is 0.267. The highest BCUT2D eigenvalue weighted by atomic mass is 16.5. The molecule has 0 aliphatic carbocycles. The van der Waals surface area contributed by atoms with Crippen LogP contribution in [0.2, 0.25) is 0 Å². The van der Waals surface area contributed by atoms with Crippen LogP contribution in [-0.4, -0.2) is 33.6 Å². The minimum absolute atomic E-state index is 0.0695. The molecule has 1 amide bonds. The topological polar surface area (TPSA) is 69.0 Å². The lowest BCUT2D eigenvalue weighted by Gasteiger charge is -2.14. The van der Waals surface area contributed by atoms with E-state index in [1.807, 2.05) is 12.1 Å². The molecule has 0 atom stereocenters. The monoisotopic (exact) mass is 470 g/mol. The largest absolute Gasteiger partial charge is 0.493 e. The summed E-state index contributed by atoms with van der Waals surface area (Å²) in [7, 11) is 0. The van der Waals surface area contributed by atoms with Crippen LogP contribution in [0.5, 0.6) is 5.75 Å². The van der Waals surface area contributed by atoms with Gasteiger partial charge < -0.3 is 14.6 Å². The molecule has 0 fully saturated rings. The van der Waals surface area contributed by atoms with Gasteiger partial charge in [-0.1, -0.05) is 44.2 Å².